The van der Waals surface area contributed by atoms with Crippen molar-refractivity contribution in [1.82, 2.24) is 4.98 Å². The maximum atomic E-state index is 11.1. The molecule has 0 unspecified atom stereocenters. The van der Waals surface area contributed by atoms with Crippen molar-refractivity contribution in [2.24, 2.45) is 5.73 Å². The number of aromatic amines is 1. The topological polar surface area (TPSA) is 76.0 Å². The van der Waals surface area contributed by atoms with E-state index in [-0.39, 0.29) is 12.0 Å². The Morgan fingerprint density at radius 3 is 2.88 bits per heavy atom. The first-order valence-corrected chi connectivity index (χ1v) is 5.05. The molecule has 0 radical (unpaired) electrons. The van der Waals surface area contributed by atoms with Gasteiger partial charge >= 0.3 is 0 Å². The van der Waals surface area contributed by atoms with Crippen LogP contribution in [-0.2, 0) is 4.79 Å². The normalized spacial score (nSPS) is 9.65. The Balaban J connectivity index is 2.39. The van der Waals surface area contributed by atoms with Gasteiger partial charge < -0.3 is 10.7 Å². The second kappa shape index (κ2) is 4.54. The van der Waals surface area contributed by atoms with Crippen LogP contribution in [0.4, 0.5) is 0 Å². The zero-order chi connectivity index (χ0) is 12.3. The number of hydrogen-bond donors (Lipinski definition) is 2. The molecule has 0 aliphatic heterocycles. The maximum absolute atomic E-state index is 11.1. The predicted octanol–water partition coefficient (Wildman–Crippen LogP) is 0.755. The highest BCUT2D eigenvalue weighted by molar-refractivity contribution is 5.83. The van der Waals surface area contributed by atoms with Crippen LogP contribution in [0.25, 0.3) is 10.8 Å². The van der Waals surface area contributed by atoms with Crippen LogP contribution in [0.5, 0.6) is 0 Å². The highest BCUT2D eigenvalue weighted by Gasteiger charge is 1.95. The van der Waals surface area contributed by atoms with Crippen molar-refractivity contribution in [1.29, 1.82) is 0 Å². The summed E-state index contributed by atoms with van der Waals surface area (Å²) < 4.78 is 0. The van der Waals surface area contributed by atoms with Gasteiger partial charge in [-0.2, -0.15) is 0 Å². The summed E-state index contributed by atoms with van der Waals surface area (Å²) in [7, 11) is 0. The minimum absolute atomic E-state index is 0.0351. The number of primary amides is 1. The van der Waals surface area contributed by atoms with Crippen molar-refractivity contribution in [3.63, 3.8) is 0 Å². The molecule has 0 saturated heterocycles. The first-order valence-electron chi connectivity index (χ1n) is 5.05. The Kier molecular flexibility index (Phi) is 2.93. The Labute approximate surface area is 97.5 Å². The van der Waals surface area contributed by atoms with Gasteiger partial charge in [0.15, 0.2) is 0 Å². The molecule has 1 heterocycles. The summed E-state index contributed by atoms with van der Waals surface area (Å²) in [4.78, 5) is 24.3. The standard InChI is InChI=1S/C13H10N2O2/c14-12(16)3-1-2-9-4-5-10-8-15-13(17)7-11(10)6-9/h4-8H,3H2,(H2,14,16)(H,15,17). The number of carbonyl (C=O) groups is 1. The summed E-state index contributed by atoms with van der Waals surface area (Å²) in [6.45, 7) is 0. The molecule has 0 bridgehead atoms. The first-order chi connectivity index (χ1) is 8.15. The van der Waals surface area contributed by atoms with Crippen LogP contribution in [0.2, 0.25) is 0 Å². The molecule has 0 fully saturated rings. The van der Waals surface area contributed by atoms with Crippen molar-refractivity contribution < 1.29 is 4.79 Å². The molecule has 0 atom stereocenters. The molecule has 4 nitrogen and oxygen atoms in total. The predicted molar refractivity (Wildman–Crippen MR) is 65.3 cm³/mol. The Bertz CT molecular complexity index is 690. The molecule has 0 saturated carbocycles. The summed E-state index contributed by atoms with van der Waals surface area (Å²) >= 11 is 0. The van der Waals surface area contributed by atoms with Crippen molar-refractivity contribution in [2.45, 2.75) is 6.42 Å². The number of hydrogen-bond acceptors (Lipinski definition) is 2. The molecule has 3 N–H and O–H groups in total. The van der Waals surface area contributed by atoms with E-state index in [2.05, 4.69) is 16.8 Å². The monoisotopic (exact) mass is 226 g/mol. The molecule has 1 amide bonds. The molecular formula is C13H10N2O2. The molecule has 0 spiro atoms. The van der Waals surface area contributed by atoms with E-state index >= 15 is 0 Å². The van der Waals surface area contributed by atoms with Crippen molar-refractivity contribution in [2.75, 3.05) is 0 Å². The van der Waals surface area contributed by atoms with Gasteiger partial charge in [0.25, 0.3) is 0 Å². The fraction of sp³-hybridized carbons (Fsp3) is 0.0769. The molecule has 0 aliphatic rings. The number of nitrogens with one attached hydrogen (secondary N) is 1. The second-order valence-electron chi connectivity index (χ2n) is 3.59. The van der Waals surface area contributed by atoms with E-state index in [9.17, 15) is 9.59 Å². The Morgan fingerprint density at radius 2 is 2.12 bits per heavy atom. The SMILES string of the molecule is NC(=O)CC#Cc1ccc2c[nH]c(=O)cc2c1. The fourth-order valence-corrected chi connectivity index (χ4v) is 1.47. The average Bonchev–Trinajstić information content (AvgIpc) is 2.28. The van der Waals surface area contributed by atoms with E-state index in [4.69, 9.17) is 5.73 Å². The number of rotatable bonds is 1. The zero-order valence-electron chi connectivity index (χ0n) is 8.99. The minimum Gasteiger partial charge on any atom is -0.369 e. The molecule has 2 aromatic rings. The largest absolute Gasteiger partial charge is 0.369 e. The Morgan fingerprint density at radius 1 is 1.29 bits per heavy atom. The van der Waals surface area contributed by atoms with Crippen molar-refractivity contribution in [3.8, 4) is 11.8 Å². The Hall–Kier alpha value is -2.54. The molecule has 84 valence electrons. The fourth-order valence-electron chi connectivity index (χ4n) is 1.47. The van der Waals surface area contributed by atoms with Crippen LogP contribution in [0, 0.1) is 11.8 Å². The van der Waals surface area contributed by atoms with Gasteiger partial charge in [0.2, 0.25) is 11.5 Å². The smallest absolute Gasteiger partial charge is 0.248 e. The molecule has 17 heavy (non-hydrogen) atoms. The molecule has 1 aromatic heterocycles. The van der Waals surface area contributed by atoms with E-state index in [1.54, 1.807) is 12.3 Å². The number of nitrogens with two attached hydrogens (primary N) is 1. The third-order valence-corrected chi connectivity index (χ3v) is 2.24. The minimum atomic E-state index is -0.449. The summed E-state index contributed by atoms with van der Waals surface area (Å²) in [6, 6.07) is 7.00. The van der Waals surface area contributed by atoms with E-state index < -0.39 is 5.91 Å². The number of carbonyl (C=O) groups excluding carboxylic acids is 1. The molecular weight excluding hydrogens is 216 g/mol. The molecule has 2 rings (SSSR count). The van der Waals surface area contributed by atoms with Gasteiger partial charge in [-0.1, -0.05) is 17.9 Å². The molecule has 1 aromatic carbocycles. The van der Waals surface area contributed by atoms with Crippen LogP contribution in [0.15, 0.2) is 35.3 Å². The van der Waals surface area contributed by atoms with Gasteiger partial charge in [0, 0.05) is 17.8 Å². The van der Waals surface area contributed by atoms with E-state index in [0.29, 0.717) is 0 Å². The lowest BCUT2D eigenvalue weighted by molar-refractivity contribution is -0.117. The summed E-state index contributed by atoms with van der Waals surface area (Å²) in [5.41, 5.74) is 5.58. The van der Waals surface area contributed by atoms with Crippen molar-refractivity contribution in [3.05, 3.63) is 46.4 Å². The quantitative estimate of drug-likeness (QED) is 0.704. The first kappa shape index (κ1) is 11.0. The third-order valence-electron chi connectivity index (χ3n) is 2.24. The van der Waals surface area contributed by atoms with Crippen LogP contribution >= 0.6 is 0 Å². The molecule has 4 heteroatoms. The average molecular weight is 226 g/mol. The van der Waals surface area contributed by atoms with E-state index in [0.717, 1.165) is 16.3 Å². The number of H-pyrrole nitrogens is 1. The molecule has 0 aliphatic carbocycles. The number of fused-ring (bicyclic) bond motifs is 1. The lowest BCUT2D eigenvalue weighted by Gasteiger charge is -1.96. The lowest BCUT2D eigenvalue weighted by Crippen LogP contribution is -2.08. The van der Waals surface area contributed by atoms with Gasteiger partial charge in [0.05, 0.1) is 6.42 Å². The number of pyridine rings is 1. The van der Waals surface area contributed by atoms with E-state index in [1.165, 1.54) is 6.07 Å². The zero-order valence-corrected chi connectivity index (χ0v) is 8.99. The maximum Gasteiger partial charge on any atom is 0.248 e. The van der Waals surface area contributed by atoms with Gasteiger partial charge in [-0.05, 0) is 22.9 Å². The van der Waals surface area contributed by atoms with Crippen molar-refractivity contribution >= 4 is 16.7 Å². The van der Waals surface area contributed by atoms with Crippen LogP contribution in [0.3, 0.4) is 0 Å². The summed E-state index contributed by atoms with van der Waals surface area (Å²) in [5, 5.41) is 1.75. The van der Waals surface area contributed by atoms with Gasteiger partial charge in [-0.25, -0.2) is 0 Å². The summed E-state index contributed by atoms with van der Waals surface area (Å²) in [5.74, 6) is 5.05. The van der Waals surface area contributed by atoms with E-state index in [1.807, 2.05) is 12.1 Å². The highest BCUT2D eigenvalue weighted by atomic mass is 16.1. The number of aromatic nitrogens is 1. The van der Waals surface area contributed by atoms with Gasteiger partial charge in [-0.3, -0.25) is 9.59 Å². The third kappa shape index (κ3) is 2.73. The van der Waals surface area contributed by atoms with Crippen LogP contribution in [-0.4, -0.2) is 10.9 Å². The van der Waals surface area contributed by atoms with Crippen LogP contribution < -0.4 is 11.3 Å². The second-order valence-corrected chi connectivity index (χ2v) is 3.59. The summed E-state index contributed by atoms with van der Waals surface area (Å²) in [6.07, 6.45) is 1.69. The van der Waals surface area contributed by atoms with Crippen LogP contribution in [0.1, 0.15) is 12.0 Å². The van der Waals surface area contributed by atoms with Gasteiger partial charge in [0.1, 0.15) is 0 Å². The van der Waals surface area contributed by atoms with Gasteiger partial charge in [-0.15, -0.1) is 0 Å². The number of benzene rings is 1. The highest BCUT2D eigenvalue weighted by Crippen LogP contribution is 2.12. The number of amides is 1. The lowest BCUT2D eigenvalue weighted by atomic mass is 10.1.